The second-order valence-corrected chi connectivity index (χ2v) is 3.49. The zero-order valence-electron chi connectivity index (χ0n) is 7.62. The van der Waals surface area contributed by atoms with Crippen molar-refractivity contribution in [2.45, 2.75) is 19.8 Å². The Balaban J connectivity index is 2.72. The number of rotatable bonds is 3. The Kier molecular flexibility index (Phi) is 3.50. The molecule has 0 saturated carbocycles. The maximum absolute atomic E-state index is 10.3. The van der Waals surface area contributed by atoms with Crippen LogP contribution in [0.3, 0.4) is 0 Å². The molecule has 0 bridgehead atoms. The van der Waals surface area contributed by atoms with Crippen molar-refractivity contribution in [3.8, 4) is 0 Å². The van der Waals surface area contributed by atoms with Gasteiger partial charge in [0.1, 0.15) is 0 Å². The topological polar surface area (TPSA) is 61.4 Å². The van der Waals surface area contributed by atoms with E-state index in [0.29, 0.717) is 12.1 Å². The van der Waals surface area contributed by atoms with Gasteiger partial charge >= 0.3 is 0 Å². The third kappa shape index (κ3) is 2.86. The third-order valence-electron chi connectivity index (χ3n) is 1.91. The minimum Gasteiger partial charge on any atom is -0.755 e. The summed E-state index contributed by atoms with van der Waals surface area (Å²) in [5, 5.41) is 0. The number of hydrogen-bond donors (Lipinski definition) is 1. The molecule has 1 atom stereocenters. The third-order valence-corrected chi connectivity index (χ3v) is 2.34. The fourth-order valence-electron chi connectivity index (χ4n) is 1.31. The van der Waals surface area contributed by atoms with Crippen LogP contribution in [0.15, 0.2) is 23.1 Å². The van der Waals surface area contributed by atoms with Crippen LogP contribution in [0.2, 0.25) is 0 Å². The van der Waals surface area contributed by atoms with Crippen LogP contribution in [0, 0.1) is 0 Å². The lowest BCUT2D eigenvalue weighted by molar-refractivity contribution is 0.271. The molecule has 0 heterocycles. The summed E-state index contributed by atoms with van der Waals surface area (Å²) in [6.45, 7) is 1.90. The Hall–Kier alpha value is -0.810. The standard InChI is InChI=1S/C8H13NO3S/c1-6-5-7(9-13(10)11)3-4-8(6)12-2/h5,9H,3-4H2,1-2H3,(H,10,11)/p-1. The second kappa shape index (κ2) is 4.43. The predicted octanol–water partition coefficient (Wildman–Crippen LogP) is 0.968. The fourth-order valence-corrected chi connectivity index (χ4v) is 1.69. The normalized spacial score (nSPS) is 19.5. The van der Waals surface area contributed by atoms with Gasteiger partial charge in [-0.1, -0.05) is 0 Å². The molecule has 0 aromatic rings. The summed E-state index contributed by atoms with van der Waals surface area (Å²) >= 11 is -2.22. The lowest BCUT2D eigenvalue weighted by Crippen LogP contribution is -2.18. The van der Waals surface area contributed by atoms with Gasteiger partial charge in [0, 0.05) is 23.4 Å². The van der Waals surface area contributed by atoms with Crippen molar-refractivity contribution in [2.75, 3.05) is 7.11 Å². The van der Waals surface area contributed by atoms with E-state index < -0.39 is 11.3 Å². The van der Waals surface area contributed by atoms with Crippen LogP contribution in [-0.4, -0.2) is 15.9 Å². The van der Waals surface area contributed by atoms with E-state index in [2.05, 4.69) is 4.72 Å². The average Bonchev–Trinajstić information content (AvgIpc) is 2.03. The molecule has 1 aliphatic carbocycles. The van der Waals surface area contributed by atoms with Crippen molar-refractivity contribution in [1.29, 1.82) is 0 Å². The van der Waals surface area contributed by atoms with Crippen molar-refractivity contribution >= 4 is 11.3 Å². The Morgan fingerprint density at radius 2 is 2.31 bits per heavy atom. The Labute approximate surface area is 80.1 Å². The molecule has 0 spiro atoms. The van der Waals surface area contributed by atoms with E-state index in [0.717, 1.165) is 17.8 Å². The van der Waals surface area contributed by atoms with Crippen LogP contribution in [0.4, 0.5) is 0 Å². The number of nitrogens with one attached hydrogen (secondary N) is 1. The maximum atomic E-state index is 10.3. The highest BCUT2D eigenvalue weighted by atomic mass is 32.2. The van der Waals surface area contributed by atoms with E-state index in [1.54, 1.807) is 13.2 Å². The zero-order valence-corrected chi connectivity index (χ0v) is 8.44. The van der Waals surface area contributed by atoms with Crippen LogP contribution in [0.5, 0.6) is 0 Å². The molecule has 4 nitrogen and oxygen atoms in total. The highest BCUT2D eigenvalue weighted by Crippen LogP contribution is 2.22. The van der Waals surface area contributed by atoms with Gasteiger partial charge in [-0.15, -0.1) is 0 Å². The molecule has 13 heavy (non-hydrogen) atoms. The first-order valence-electron chi connectivity index (χ1n) is 3.93. The lowest BCUT2D eigenvalue weighted by Gasteiger charge is -2.19. The van der Waals surface area contributed by atoms with Gasteiger partial charge in [0.15, 0.2) is 0 Å². The Bertz CT molecular complexity index is 283. The minimum absolute atomic E-state index is 0.675. The minimum atomic E-state index is -2.22. The van der Waals surface area contributed by atoms with E-state index in [4.69, 9.17) is 4.74 Å². The lowest BCUT2D eigenvalue weighted by atomic mass is 10.0. The molecule has 0 radical (unpaired) electrons. The average molecular weight is 202 g/mol. The van der Waals surface area contributed by atoms with Gasteiger partial charge in [-0.3, -0.25) is 4.21 Å². The zero-order chi connectivity index (χ0) is 9.84. The largest absolute Gasteiger partial charge is 0.755 e. The molecular formula is C8H12NO3S-. The number of allylic oxidation sites excluding steroid dienone is 4. The van der Waals surface area contributed by atoms with Crippen molar-refractivity contribution in [1.82, 2.24) is 4.72 Å². The Morgan fingerprint density at radius 3 is 2.77 bits per heavy atom. The van der Waals surface area contributed by atoms with E-state index in [9.17, 15) is 8.76 Å². The molecule has 0 aliphatic heterocycles. The molecule has 74 valence electrons. The summed E-state index contributed by atoms with van der Waals surface area (Å²) in [6.07, 6.45) is 3.21. The van der Waals surface area contributed by atoms with Crippen LogP contribution in [0.1, 0.15) is 19.8 Å². The molecular weight excluding hydrogens is 190 g/mol. The summed E-state index contributed by atoms with van der Waals surface area (Å²) in [5.41, 5.74) is 1.69. The van der Waals surface area contributed by atoms with Crippen molar-refractivity contribution in [3.63, 3.8) is 0 Å². The van der Waals surface area contributed by atoms with E-state index in [1.165, 1.54) is 0 Å². The van der Waals surface area contributed by atoms with Crippen LogP contribution >= 0.6 is 0 Å². The fraction of sp³-hybridized carbons (Fsp3) is 0.500. The van der Waals surface area contributed by atoms with Gasteiger partial charge in [-0.2, -0.15) is 0 Å². The number of methoxy groups -OCH3 is 1. The van der Waals surface area contributed by atoms with Crippen LogP contribution < -0.4 is 4.72 Å². The Morgan fingerprint density at radius 1 is 1.62 bits per heavy atom. The van der Waals surface area contributed by atoms with E-state index >= 15 is 0 Å². The quantitative estimate of drug-likeness (QED) is 0.693. The van der Waals surface area contributed by atoms with Gasteiger partial charge in [0.05, 0.1) is 12.9 Å². The first kappa shape index (κ1) is 10.3. The monoisotopic (exact) mass is 202 g/mol. The molecule has 0 amide bonds. The maximum Gasteiger partial charge on any atom is 0.0988 e. The number of ether oxygens (including phenoxy) is 1. The highest BCUT2D eigenvalue weighted by Gasteiger charge is 2.10. The van der Waals surface area contributed by atoms with Crippen molar-refractivity contribution < 1.29 is 13.5 Å². The van der Waals surface area contributed by atoms with Crippen LogP contribution in [0.25, 0.3) is 0 Å². The first-order chi connectivity index (χ1) is 6.13. The molecule has 1 aliphatic rings. The molecule has 0 fully saturated rings. The molecule has 0 aromatic heterocycles. The summed E-state index contributed by atoms with van der Waals surface area (Å²) in [5.74, 6) is 0.919. The van der Waals surface area contributed by atoms with Gasteiger partial charge in [-0.05, 0) is 25.0 Å². The smallest absolute Gasteiger partial charge is 0.0988 e. The predicted molar refractivity (Wildman–Crippen MR) is 49.1 cm³/mol. The molecule has 0 aromatic carbocycles. The van der Waals surface area contributed by atoms with Gasteiger partial charge in [-0.25, -0.2) is 0 Å². The molecule has 5 heteroatoms. The second-order valence-electron chi connectivity index (χ2n) is 2.82. The van der Waals surface area contributed by atoms with Crippen molar-refractivity contribution in [2.24, 2.45) is 0 Å². The number of hydrogen-bond acceptors (Lipinski definition) is 3. The van der Waals surface area contributed by atoms with Gasteiger partial charge < -0.3 is 14.0 Å². The molecule has 0 saturated heterocycles. The summed E-state index contributed by atoms with van der Waals surface area (Å²) in [4.78, 5) is 0. The summed E-state index contributed by atoms with van der Waals surface area (Å²) in [7, 11) is 1.62. The van der Waals surface area contributed by atoms with Gasteiger partial charge in [0.25, 0.3) is 0 Å². The van der Waals surface area contributed by atoms with Crippen molar-refractivity contribution in [3.05, 3.63) is 23.1 Å². The molecule has 1 N–H and O–H groups in total. The summed E-state index contributed by atoms with van der Waals surface area (Å²) in [6, 6.07) is 0. The van der Waals surface area contributed by atoms with E-state index in [-0.39, 0.29) is 0 Å². The first-order valence-corrected chi connectivity index (χ1v) is 5.01. The van der Waals surface area contributed by atoms with Crippen LogP contribution in [-0.2, 0) is 16.0 Å². The van der Waals surface area contributed by atoms with E-state index in [1.807, 2.05) is 6.92 Å². The summed E-state index contributed by atoms with van der Waals surface area (Å²) < 4.78 is 28.1. The van der Waals surface area contributed by atoms with Gasteiger partial charge in [0.2, 0.25) is 0 Å². The molecule has 1 rings (SSSR count). The SMILES string of the molecule is COC1=C(C)C=C(NS(=O)[O-])CC1. The molecule has 1 unspecified atom stereocenters. The highest BCUT2D eigenvalue weighted by molar-refractivity contribution is 7.77.